The van der Waals surface area contributed by atoms with Gasteiger partial charge in [0.25, 0.3) is 5.69 Å². The topological polar surface area (TPSA) is 101 Å². The van der Waals surface area contributed by atoms with E-state index in [0.29, 0.717) is 5.56 Å². The molecule has 0 spiro atoms. The number of amides is 1. The number of aliphatic carboxylic acids is 1. The number of hydrogen-bond donors (Lipinski definition) is 1. The standard InChI is InChI=1S/C14H14N2O5/c17-12-7-11(14(18)19)13(15(12)9-4-5-9)8-2-1-3-10(6-8)16(20)21/h1-3,6,9,11,13H,4-5,7H2,(H,18,19). The van der Waals surface area contributed by atoms with Crippen molar-refractivity contribution in [3.8, 4) is 0 Å². The van der Waals surface area contributed by atoms with Crippen molar-refractivity contribution in [2.75, 3.05) is 0 Å². The van der Waals surface area contributed by atoms with Crippen molar-refractivity contribution in [1.82, 2.24) is 4.90 Å². The Balaban J connectivity index is 2.02. The summed E-state index contributed by atoms with van der Waals surface area (Å²) >= 11 is 0. The zero-order valence-electron chi connectivity index (χ0n) is 11.1. The van der Waals surface area contributed by atoms with Gasteiger partial charge in [-0.05, 0) is 18.4 Å². The lowest BCUT2D eigenvalue weighted by Crippen LogP contribution is -2.32. The minimum absolute atomic E-state index is 0.0425. The SMILES string of the molecule is O=C(O)C1CC(=O)N(C2CC2)C1c1cccc([N+](=O)[O-])c1. The Labute approximate surface area is 120 Å². The molecule has 7 nitrogen and oxygen atoms in total. The summed E-state index contributed by atoms with van der Waals surface area (Å²) in [4.78, 5) is 35.5. The molecule has 0 radical (unpaired) electrons. The van der Waals surface area contributed by atoms with Crippen molar-refractivity contribution in [3.05, 3.63) is 39.9 Å². The molecular weight excluding hydrogens is 276 g/mol. The van der Waals surface area contributed by atoms with E-state index in [1.807, 2.05) is 0 Å². The number of carbonyl (C=O) groups is 2. The number of nitro groups is 1. The van der Waals surface area contributed by atoms with E-state index in [1.165, 1.54) is 18.2 Å². The van der Waals surface area contributed by atoms with Crippen LogP contribution in [0, 0.1) is 16.0 Å². The first-order valence-electron chi connectivity index (χ1n) is 6.77. The van der Waals surface area contributed by atoms with Crippen molar-refractivity contribution < 1.29 is 19.6 Å². The van der Waals surface area contributed by atoms with Gasteiger partial charge in [0.05, 0.1) is 16.9 Å². The van der Waals surface area contributed by atoms with Gasteiger partial charge in [0.15, 0.2) is 0 Å². The van der Waals surface area contributed by atoms with Crippen LogP contribution in [0.4, 0.5) is 5.69 Å². The molecule has 1 aromatic rings. The Kier molecular flexibility index (Phi) is 3.12. The fraction of sp³-hybridized carbons (Fsp3) is 0.429. The van der Waals surface area contributed by atoms with Crippen molar-refractivity contribution in [3.63, 3.8) is 0 Å². The van der Waals surface area contributed by atoms with Crippen LogP contribution in [0.25, 0.3) is 0 Å². The van der Waals surface area contributed by atoms with Gasteiger partial charge in [-0.15, -0.1) is 0 Å². The van der Waals surface area contributed by atoms with Gasteiger partial charge in [0, 0.05) is 24.6 Å². The Morgan fingerprint density at radius 3 is 2.67 bits per heavy atom. The van der Waals surface area contributed by atoms with Gasteiger partial charge in [-0.1, -0.05) is 12.1 Å². The first-order chi connectivity index (χ1) is 9.99. The number of benzene rings is 1. The fourth-order valence-electron chi connectivity index (χ4n) is 2.98. The second-order valence-electron chi connectivity index (χ2n) is 5.48. The van der Waals surface area contributed by atoms with Crippen LogP contribution < -0.4 is 0 Å². The Morgan fingerprint density at radius 1 is 1.38 bits per heavy atom. The summed E-state index contributed by atoms with van der Waals surface area (Å²) in [5, 5.41) is 20.2. The molecule has 1 aliphatic heterocycles. The molecule has 1 aromatic carbocycles. The third-order valence-electron chi connectivity index (χ3n) is 4.04. The number of nitro benzene ring substituents is 1. The van der Waals surface area contributed by atoms with E-state index < -0.39 is 22.9 Å². The minimum Gasteiger partial charge on any atom is -0.481 e. The molecule has 2 atom stereocenters. The molecule has 7 heteroatoms. The van der Waals surface area contributed by atoms with Crippen molar-refractivity contribution in [1.29, 1.82) is 0 Å². The average molecular weight is 290 g/mol. The highest BCUT2D eigenvalue weighted by molar-refractivity contribution is 5.87. The highest BCUT2D eigenvalue weighted by Gasteiger charge is 2.50. The molecule has 0 bridgehead atoms. The van der Waals surface area contributed by atoms with Crippen LogP contribution in [-0.2, 0) is 9.59 Å². The lowest BCUT2D eigenvalue weighted by Gasteiger charge is -2.27. The molecule has 1 saturated heterocycles. The third-order valence-corrected chi connectivity index (χ3v) is 4.04. The van der Waals surface area contributed by atoms with E-state index in [2.05, 4.69) is 0 Å². The largest absolute Gasteiger partial charge is 0.481 e. The van der Waals surface area contributed by atoms with Crippen LogP contribution in [-0.4, -0.2) is 32.8 Å². The van der Waals surface area contributed by atoms with Gasteiger partial charge in [0.1, 0.15) is 0 Å². The quantitative estimate of drug-likeness (QED) is 0.672. The lowest BCUT2D eigenvalue weighted by atomic mass is 9.93. The number of carbonyl (C=O) groups excluding carboxylic acids is 1. The first-order valence-corrected chi connectivity index (χ1v) is 6.77. The van der Waals surface area contributed by atoms with E-state index in [0.717, 1.165) is 12.8 Å². The van der Waals surface area contributed by atoms with Gasteiger partial charge in [-0.25, -0.2) is 0 Å². The van der Waals surface area contributed by atoms with Crippen LogP contribution in [0.15, 0.2) is 24.3 Å². The highest BCUT2D eigenvalue weighted by atomic mass is 16.6. The molecule has 2 aliphatic rings. The molecule has 3 rings (SSSR count). The Hall–Kier alpha value is -2.44. The zero-order valence-corrected chi connectivity index (χ0v) is 11.1. The molecule has 0 aromatic heterocycles. The molecule has 1 N–H and O–H groups in total. The van der Waals surface area contributed by atoms with Crippen LogP contribution in [0.3, 0.4) is 0 Å². The smallest absolute Gasteiger partial charge is 0.309 e. The molecule has 110 valence electrons. The van der Waals surface area contributed by atoms with Gasteiger partial charge >= 0.3 is 5.97 Å². The zero-order chi connectivity index (χ0) is 15.1. The van der Waals surface area contributed by atoms with E-state index in [1.54, 1.807) is 11.0 Å². The number of rotatable bonds is 4. The number of nitrogens with zero attached hydrogens (tertiary/aromatic N) is 2. The Bertz CT molecular complexity index is 626. The molecule has 1 saturated carbocycles. The number of likely N-dealkylation sites (tertiary alicyclic amines) is 1. The van der Waals surface area contributed by atoms with Gasteiger partial charge in [-0.3, -0.25) is 19.7 Å². The summed E-state index contributed by atoms with van der Waals surface area (Å²) in [7, 11) is 0. The third kappa shape index (κ3) is 2.35. The molecule has 2 fully saturated rings. The van der Waals surface area contributed by atoms with Crippen LogP contribution in [0.1, 0.15) is 30.9 Å². The van der Waals surface area contributed by atoms with Gasteiger partial charge in [0.2, 0.25) is 5.91 Å². The van der Waals surface area contributed by atoms with Gasteiger partial charge < -0.3 is 10.0 Å². The summed E-state index contributed by atoms with van der Waals surface area (Å²) in [6, 6.07) is 5.38. The molecule has 1 amide bonds. The predicted molar refractivity (Wildman–Crippen MR) is 71.4 cm³/mol. The summed E-state index contributed by atoms with van der Waals surface area (Å²) in [6.07, 6.45) is 1.69. The summed E-state index contributed by atoms with van der Waals surface area (Å²) in [5.74, 6) is -2.07. The molecule has 1 aliphatic carbocycles. The normalized spacial score (nSPS) is 25.1. The van der Waals surface area contributed by atoms with Crippen molar-refractivity contribution >= 4 is 17.6 Å². The highest BCUT2D eigenvalue weighted by Crippen LogP contribution is 2.45. The number of hydrogen-bond acceptors (Lipinski definition) is 4. The van der Waals surface area contributed by atoms with E-state index in [4.69, 9.17) is 0 Å². The maximum Gasteiger partial charge on any atom is 0.309 e. The lowest BCUT2D eigenvalue weighted by molar-refractivity contribution is -0.385. The summed E-state index contributed by atoms with van der Waals surface area (Å²) < 4.78 is 0. The van der Waals surface area contributed by atoms with E-state index in [-0.39, 0.29) is 24.1 Å². The second kappa shape index (κ2) is 4.83. The first kappa shape index (κ1) is 13.5. The fourth-order valence-corrected chi connectivity index (χ4v) is 2.98. The minimum atomic E-state index is -1.04. The van der Waals surface area contributed by atoms with Crippen LogP contribution in [0.2, 0.25) is 0 Å². The summed E-state index contributed by atoms with van der Waals surface area (Å²) in [5.41, 5.74) is 0.432. The molecule has 21 heavy (non-hydrogen) atoms. The number of carboxylic acid groups (broad SMARTS) is 1. The van der Waals surface area contributed by atoms with Crippen molar-refractivity contribution in [2.45, 2.75) is 31.3 Å². The maximum atomic E-state index is 12.1. The second-order valence-corrected chi connectivity index (χ2v) is 5.48. The number of non-ortho nitro benzene ring substituents is 1. The molecule has 2 unspecified atom stereocenters. The van der Waals surface area contributed by atoms with Crippen molar-refractivity contribution in [2.24, 2.45) is 5.92 Å². The maximum absolute atomic E-state index is 12.1. The van der Waals surface area contributed by atoms with E-state index in [9.17, 15) is 24.8 Å². The monoisotopic (exact) mass is 290 g/mol. The average Bonchev–Trinajstić information content (AvgIpc) is 3.21. The summed E-state index contributed by atoms with van der Waals surface area (Å²) in [6.45, 7) is 0. The van der Waals surface area contributed by atoms with Crippen LogP contribution in [0.5, 0.6) is 0 Å². The Morgan fingerprint density at radius 2 is 2.10 bits per heavy atom. The van der Waals surface area contributed by atoms with E-state index >= 15 is 0 Å². The molecular formula is C14H14N2O5. The van der Waals surface area contributed by atoms with Crippen LogP contribution >= 0.6 is 0 Å². The number of carboxylic acids is 1. The van der Waals surface area contributed by atoms with Gasteiger partial charge in [-0.2, -0.15) is 0 Å². The predicted octanol–water partition coefficient (Wildman–Crippen LogP) is 1.73. The molecule has 1 heterocycles.